The number of alkyl halides is 3. The van der Waals surface area contributed by atoms with Crippen LogP contribution in [0.4, 0.5) is 23.2 Å². The van der Waals surface area contributed by atoms with Gasteiger partial charge in [0, 0.05) is 18.1 Å². The molecule has 1 unspecified atom stereocenters. The van der Waals surface area contributed by atoms with E-state index in [0.717, 1.165) is 22.5 Å². The number of allylic oxidation sites excluding steroid dienone is 1. The zero-order valence-corrected chi connectivity index (χ0v) is 23.0. The van der Waals surface area contributed by atoms with Gasteiger partial charge in [0.25, 0.3) is 10.0 Å². The minimum Gasteiger partial charge on any atom is -0.486 e. The van der Waals surface area contributed by atoms with Crippen molar-refractivity contribution in [2.75, 3.05) is 10.8 Å². The van der Waals surface area contributed by atoms with Crippen LogP contribution in [0.15, 0.2) is 59.5 Å². The summed E-state index contributed by atoms with van der Waals surface area (Å²) in [4.78, 5) is 10.5. The molecular formula is C27H21Cl2F4NO5S. The van der Waals surface area contributed by atoms with Crippen LogP contribution in [0, 0.1) is 5.82 Å². The Labute approximate surface area is 237 Å². The number of rotatable bonds is 7. The molecule has 1 heterocycles. The van der Waals surface area contributed by atoms with E-state index in [1.807, 2.05) is 0 Å². The fourth-order valence-electron chi connectivity index (χ4n) is 4.26. The zero-order valence-electron chi connectivity index (χ0n) is 20.7. The van der Waals surface area contributed by atoms with E-state index >= 15 is 0 Å². The standard InChI is InChI=1S/C27H21Cl2F4NO5S/c1-15(26-20(28)6-3-7-22(26)30)10-16-11-23-24(13-21(16)29)39-18(8-9-25(35)36)14-34(23)40(37,38)19-5-2-4-17(12-19)27(31,32)33/h2-7,10-13,18H,8-9,14H2,1H3,(H,35,36)/b15-10+. The van der Waals surface area contributed by atoms with Gasteiger partial charge in [0.1, 0.15) is 17.7 Å². The Morgan fingerprint density at radius 2 is 1.82 bits per heavy atom. The first-order chi connectivity index (χ1) is 18.7. The van der Waals surface area contributed by atoms with E-state index < -0.39 is 44.5 Å². The summed E-state index contributed by atoms with van der Waals surface area (Å²) in [5.41, 5.74) is -0.451. The highest BCUT2D eigenvalue weighted by Crippen LogP contribution is 2.43. The quantitative estimate of drug-likeness (QED) is 0.219. The lowest BCUT2D eigenvalue weighted by atomic mass is 10.0. The van der Waals surface area contributed by atoms with E-state index in [9.17, 15) is 30.8 Å². The summed E-state index contributed by atoms with van der Waals surface area (Å²) in [7, 11) is -4.59. The molecule has 0 aromatic heterocycles. The number of anilines is 1. The Morgan fingerprint density at radius 3 is 2.48 bits per heavy atom. The second-order valence-electron chi connectivity index (χ2n) is 9.00. The Kier molecular flexibility index (Phi) is 8.39. The maximum Gasteiger partial charge on any atom is 0.416 e. The van der Waals surface area contributed by atoms with Crippen LogP contribution in [0.2, 0.25) is 10.0 Å². The lowest BCUT2D eigenvalue weighted by molar-refractivity contribution is -0.138. The largest absolute Gasteiger partial charge is 0.486 e. The van der Waals surface area contributed by atoms with Crippen molar-refractivity contribution in [1.29, 1.82) is 0 Å². The van der Waals surface area contributed by atoms with Gasteiger partial charge in [-0.1, -0.05) is 35.3 Å². The molecule has 1 aliphatic heterocycles. The molecule has 1 N–H and O–H groups in total. The molecule has 0 saturated heterocycles. The number of halogens is 6. The predicted octanol–water partition coefficient (Wildman–Crippen LogP) is 7.53. The molecule has 0 bridgehead atoms. The second kappa shape index (κ2) is 11.3. The van der Waals surface area contributed by atoms with Gasteiger partial charge >= 0.3 is 12.1 Å². The summed E-state index contributed by atoms with van der Waals surface area (Å²) in [6.45, 7) is 1.21. The van der Waals surface area contributed by atoms with Gasteiger partial charge in [0.2, 0.25) is 0 Å². The van der Waals surface area contributed by atoms with Crippen molar-refractivity contribution in [2.24, 2.45) is 0 Å². The lowest BCUT2D eigenvalue weighted by Gasteiger charge is -2.36. The minimum atomic E-state index is -4.78. The zero-order chi connectivity index (χ0) is 29.4. The van der Waals surface area contributed by atoms with Crippen molar-refractivity contribution >= 4 is 56.5 Å². The third-order valence-corrected chi connectivity index (χ3v) is 8.59. The number of aliphatic carboxylic acids is 1. The summed E-state index contributed by atoms with van der Waals surface area (Å²) >= 11 is 12.6. The van der Waals surface area contributed by atoms with E-state index in [4.69, 9.17) is 33.0 Å². The van der Waals surface area contributed by atoms with Crippen LogP contribution < -0.4 is 9.04 Å². The summed E-state index contributed by atoms with van der Waals surface area (Å²) < 4.78 is 88.7. The number of hydrogen-bond donors (Lipinski definition) is 1. The molecule has 40 heavy (non-hydrogen) atoms. The molecule has 4 rings (SSSR count). The van der Waals surface area contributed by atoms with Gasteiger partial charge in [0.05, 0.1) is 32.7 Å². The van der Waals surface area contributed by atoms with Crippen molar-refractivity contribution < 1.29 is 40.6 Å². The molecule has 0 saturated carbocycles. The third-order valence-electron chi connectivity index (χ3n) is 6.17. The molecule has 3 aromatic carbocycles. The Morgan fingerprint density at radius 1 is 1.12 bits per heavy atom. The molecule has 0 aliphatic carbocycles. The van der Waals surface area contributed by atoms with Gasteiger partial charge in [-0.05, 0) is 67.0 Å². The molecule has 0 radical (unpaired) electrons. The Hall–Kier alpha value is -3.28. The summed E-state index contributed by atoms with van der Waals surface area (Å²) in [5.74, 6) is -1.74. The van der Waals surface area contributed by atoms with Crippen molar-refractivity contribution in [3.63, 3.8) is 0 Å². The first-order valence-electron chi connectivity index (χ1n) is 11.7. The SMILES string of the molecule is C/C(=C\c1cc2c(cc1Cl)OC(CCC(=O)O)CN2S(=O)(=O)c1cccc(C(F)(F)F)c1)c1c(F)cccc1Cl. The minimum absolute atomic E-state index is 0.0130. The number of carboxylic acid groups (broad SMARTS) is 1. The fraction of sp³-hybridized carbons (Fsp3) is 0.222. The highest BCUT2D eigenvalue weighted by Gasteiger charge is 2.37. The van der Waals surface area contributed by atoms with E-state index in [0.29, 0.717) is 11.6 Å². The van der Waals surface area contributed by atoms with Crippen molar-refractivity contribution in [2.45, 2.75) is 36.9 Å². The number of carbonyl (C=O) groups is 1. The van der Waals surface area contributed by atoms with Gasteiger partial charge in [-0.25, -0.2) is 12.8 Å². The van der Waals surface area contributed by atoms with Crippen molar-refractivity contribution in [3.05, 3.63) is 87.2 Å². The molecule has 1 aliphatic rings. The number of fused-ring (bicyclic) bond motifs is 1. The van der Waals surface area contributed by atoms with E-state index in [2.05, 4.69) is 0 Å². The summed E-state index contributed by atoms with van der Waals surface area (Å²) in [5, 5.41) is 9.33. The van der Waals surface area contributed by atoms with Crippen molar-refractivity contribution in [1.82, 2.24) is 0 Å². The molecule has 212 valence electrons. The molecule has 6 nitrogen and oxygen atoms in total. The molecule has 3 aromatic rings. The van der Waals surface area contributed by atoms with Crippen LogP contribution in [0.5, 0.6) is 5.75 Å². The van der Waals surface area contributed by atoms with E-state index in [1.165, 1.54) is 36.4 Å². The normalized spacial score (nSPS) is 15.9. The second-order valence-corrected chi connectivity index (χ2v) is 11.7. The monoisotopic (exact) mass is 617 g/mol. The van der Waals surface area contributed by atoms with Crippen LogP contribution in [-0.4, -0.2) is 32.1 Å². The summed E-state index contributed by atoms with van der Waals surface area (Å²) in [6.07, 6.45) is -4.64. The van der Waals surface area contributed by atoms with Gasteiger partial charge in [-0.2, -0.15) is 13.2 Å². The average Bonchev–Trinajstić information content (AvgIpc) is 2.87. The number of ether oxygens (including phenoxy) is 1. The average molecular weight is 618 g/mol. The van der Waals surface area contributed by atoms with Crippen LogP contribution in [0.3, 0.4) is 0 Å². The van der Waals surface area contributed by atoms with Crippen molar-refractivity contribution in [3.8, 4) is 5.75 Å². The van der Waals surface area contributed by atoms with E-state index in [1.54, 1.807) is 6.92 Å². The van der Waals surface area contributed by atoms with Crippen LogP contribution >= 0.6 is 23.2 Å². The first-order valence-corrected chi connectivity index (χ1v) is 13.9. The van der Waals surface area contributed by atoms with Gasteiger partial charge in [-0.15, -0.1) is 0 Å². The molecule has 1 atom stereocenters. The number of nitrogens with zero attached hydrogens (tertiary/aromatic N) is 1. The number of hydrogen-bond acceptors (Lipinski definition) is 4. The molecular weight excluding hydrogens is 597 g/mol. The Balaban J connectivity index is 1.84. The maximum atomic E-state index is 14.5. The van der Waals surface area contributed by atoms with E-state index in [-0.39, 0.29) is 52.0 Å². The highest BCUT2D eigenvalue weighted by atomic mass is 35.5. The smallest absolute Gasteiger partial charge is 0.416 e. The topological polar surface area (TPSA) is 83.9 Å². The maximum absolute atomic E-state index is 14.5. The molecule has 13 heteroatoms. The predicted molar refractivity (Wildman–Crippen MR) is 144 cm³/mol. The molecule has 0 spiro atoms. The number of sulfonamides is 1. The number of benzene rings is 3. The third kappa shape index (κ3) is 6.21. The van der Waals surface area contributed by atoms with Gasteiger partial charge in [0.15, 0.2) is 0 Å². The fourth-order valence-corrected chi connectivity index (χ4v) is 6.33. The summed E-state index contributed by atoms with van der Waals surface area (Å²) in [6, 6.07) is 10.1. The van der Waals surface area contributed by atoms with Gasteiger partial charge in [-0.3, -0.25) is 9.10 Å². The first kappa shape index (κ1) is 29.7. The Bertz CT molecular complexity index is 1590. The van der Waals surface area contributed by atoms with Crippen LogP contribution in [0.25, 0.3) is 11.6 Å². The lowest BCUT2D eigenvalue weighted by Crippen LogP contribution is -2.43. The number of carboxylic acids is 1. The van der Waals surface area contributed by atoms with Gasteiger partial charge < -0.3 is 9.84 Å². The van der Waals surface area contributed by atoms with Crippen LogP contribution in [0.1, 0.15) is 36.5 Å². The molecule has 0 amide bonds. The highest BCUT2D eigenvalue weighted by molar-refractivity contribution is 7.92. The molecule has 0 fully saturated rings. The van der Waals surface area contributed by atoms with Crippen LogP contribution in [-0.2, 0) is 21.0 Å².